The van der Waals surface area contributed by atoms with Gasteiger partial charge in [-0.25, -0.2) is 9.50 Å². The fourth-order valence-electron chi connectivity index (χ4n) is 2.32. The van der Waals surface area contributed by atoms with Gasteiger partial charge in [0.2, 0.25) is 4.96 Å². The Morgan fingerprint density at radius 2 is 2.05 bits per heavy atom. The van der Waals surface area contributed by atoms with Crippen LogP contribution < -0.4 is 0 Å². The van der Waals surface area contributed by atoms with Crippen molar-refractivity contribution in [3.8, 4) is 0 Å². The van der Waals surface area contributed by atoms with Crippen molar-refractivity contribution < 1.29 is 4.79 Å². The van der Waals surface area contributed by atoms with Crippen molar-refractivity contribution in [3.05, 3.63) is 52.8 Å². The number of fused-ring (bicyclic) bond motifs is 1. The van der Waals surface area contributed by atoms with Crippen molar-refractivity contribution in [1.82, 2.24) is 19.5 Å². The van der Waals surface area contributed by atoms with E-state index < -0.39 is 0 Å². The monoisotopic (exact) mass is 314 g/mol. The van der Waals surface area contributed by atoms with Gasteiger partial charge in [0, 0.05) is 12.6 Å². The lowest BCUT2D eigenvalue weighted by molar-refractivity contribution is 0.0685. The Hall–Kier alpha value is -2.21. The van der Waals surface area contributed by atoms with Gasteiger partial charge >= 0.3 is 0 Å². The highest BCUT2D eigenvalue weighted by molar-refractivity contribution is 7.16. The molecule has 6 heteroatoms. The van der Waals surface area contributed by atoms with Crippen LogP contribution in [0.2, 0.25) is 0 Å². The molecule has 0 aliphatic heterocycles. The van der Waals surface area contributed by atoms with Gasteiger partial charge in [-0.2, -0.15) is 5.10 Å². The Labute approximate surface area is 133 Å². The van der Waals surface area contributed by atoms with Crippen LogP contribution in [0, 0.1) is 6.92 Å². The first-order valence-electron chi connectivity index (χ1n) is 7.22. The van der Waals surface area contributed by atoms with Crippen molar-refractivity contribution in [3.63, 3.8) is 0 Å². The molecule has 0 saturated carbocycles. The van der Waals surface area contributed by atoms with Crippen LogP contribution in [0.1, 0.15) is 34.9 Å². The summed E-state index contributed by atoms with van der Waals surface area (Å²) < 4.78 is 1.67. The third-order valence-electron chi connectivity index (χ3n) is 3.44. The molecular formula is C16H18N4OS. The molecule has 3 aromatic rings. The summed E-state index contributed by atoms with van der Waals surface area (Å²) >= 11 is 1.48. The average Bonchev–Trinajstić information content (AvgIpc) is 3.02. The highest BCUT2D eigenvalue weighted by Gasteiger charge is 2.22. The molecule has 2 heterocycles. The van der Waals surface area contributed by atoms with E-state index in [-0.39, 0.29) is 11.9 Å². The van der Waals surface area contributed by atoms with Crippen molar-refractivity contribution in [1.29, 1.82) is 0 Å². The number of aryl methyl sites for hydroxylation is 1. The molecule has 0 N–H and O–H groups in total. The second-order valence-electron chi connectivity index (χ2n) is 5.49. The van der Waals surface area contributed by atoms with Crippen molar-refractivity contribution in [2.24, 2.45) is 0 Å². The molecule has 0 fully saturated rings. The standard InChI is InChI=1S/C16H18N4OS/c1-11(2)19(9-13-7-5-4-6-8-13)15(21)14-10-20-16(17-14)22-12(3)18-20/h4-8,10-11H,9H2,1-3H3. The minimum absolute atomic E-state index is 0.0609. The molecule has 0 atom stereocenters. The number of hydrogen-bond acceptors (Lipinski definition) is 4. The molecule has 0 radical (unpaired) electrons. The molecule has 0 bridgehead atoms. The normalized spacial score (nSPS) is 11.3. The highest BCUT2D eigenvalue weighted by Crippen LogP contribution is 2.17. The van der Waals surface area contributed by atoms with Crippen LogP contribution in [0.15, 0.2) is 36.5 Å². The summed E-state index contributed by atoms with van der Waals surface area (Å²) in [6.45, 7) is 6.54. The Morgan fingerprint density at radius 1 is 1.32 bits per heavy atom. The Kier molecular flexibility index (Phi) is 3.94. The molecule has 0 saturated heterocycles. The Bertz CT molecular complexity index is 759. The molecule has 0 spiro atoms. The van der Waals surface area contributed by atoms with E-state index in [2.05, 4.69) is 10.1 Å². The number of hydrogen-bond donors (Lipinski definition) is 0. The first kappa shape index (κ1) is 14.7. The van der Waals surface area contributed by atoms with Crippen LogP contribution >= 0.6 is 11.3 Å². The van der Waals surface area contributed by atoms with Crippen LogP contribution in [0.4, 0.5) is 0 Å². The molecular weight excluding hydrogens is 296 g/mol. The maximum absolute atomic E-state index is 12.8. The molecule has 0 aliphatic rings. The molecule has 114 valence electrons. The first-order valence-corrected chi connectivity index (χ1v) is 8.04. The molecule has 5 nitrogen and oxygen atoms in total. The topological polar surface area (TPSA) is 50.5 Å². The Balaban J connectivity index is 1.87. The van der Waals surface area contributed by atoms with E-state index in [1.54, 1.807) is 10.7 Å². The molecule has 22 heavy (non-hydrogen) atoms. The lowest BCUT2D eigenvalue weighted by atomic mass is 10.2. The van der Waals surface area contributed by atoms with E-state index in [0.717, 1.165) is 15.5 Å². The molecule has 0 aliphatic carbocycles. The fraction of sp³-hybridized carbons (Fsp3) is 0.312. The third kappa shape index (κ3) is 2.87. The summed E-state index contributed by atoms with van der Waals surface area (Å²) in [5.41, 5.74) is 1.56. The van der Waals surface area contributed by atoms with E-state index in [0.29, 0.717) is 12.2 Å². The van der Waals surface area contributed by atoms with Crippen LogP contribution in [0.25, 0.3) is 4.96 Å². The maximum atomic E-state index is 12.8. The zero-order chi connectivity index (χ0) is 15.7. The first-order chi connectivity index (χ1) is 10.5. The lowest BCUT2D eigenvalue weighted by Crippen LogP contribution is -2.36. The van der Waals surface area contributed by atoms with Gasteiger partial charge in [0.15, 0.2) is 0 Å². The quantitative estimate of drug-likeness (QED) is 0.743. The van der Waals surface area contributed by atoms with Gasteiger partial charge in [0.05, 0.1) is 6.20 Å². The van der Waals surface area contributed by atoms with Gasteiger partial charge in [-0.15, -0.1) is 0 Å². The van der Waals surface area contributed by atoms with Gasteiger partial charge in [-0.1, -0.05) is 41.7 Å². The summed E-state index contributed by atoms with van der Waals surface area (Å²) in [7, 11) is 0. The zero-order valence-corrected chi connectivity index (χ0v) is 13.7. The van der Waals surface area contributed by atoms with Crippen LogP contribution in [-0.4, -0.2) is 31.4 Å². The van der Waals surface area contributed by atoms with Gasteiger partial charge in [-0.3, -0.25) is 4.79 Å². The maximum Gasteiger partial charge on any atom is 0.274 e. The summed E-state index contributed by atoms with van der Waals surface area (Å²) in [5, 5.41) is 5.24. The van der Waals surface area contributed by atoms with E-state index in [4.69, 9.17) is 0 Å². The number of benzene rings is 1. The fourth-order valence-corrected chi connectivity index (χ4v) is 3.04. The predicted octanol–water partition coefficient (Wildman–Crippen LogP) is 3.15. The van der Waals surface area contributed by atoms with E-state index >= 15 is 0 Å². The minimum atomic E-state index is -0.0609. The van der Waals surface area contributed by atoms with Gasteiger partial charge in [0.25, 0.3) is 5.91 Å². The molecule has 3 rings (SSSR count). The van der Waals surface area contributed by atoms with Crippen LogP contribution in [0.3, 0.4) is 0 Å². The molecule has 1 amide bonds. The average molecular weight is 314 g/mol. The second-order valence-corrected chi connectivity index (χ2v) is 6.65. The van der Waals surface area contributed by atoms with Crippen molar-refractivity contribution in [2.45, 2.75) is 33.4 Å². The number of aromatic nitrogens is 3. The smallest absolute Gasteiger partial charge is 0.274 e. The zero-order valence-electron chi connectivity index (χ0n) is 12.9. The van der Waals surface area contributed by atoms with Gasteiger partial charge < -0.3 is 4.90 Å². The number of rotatable bonds is 4. The second kappa shape index (κ2) is 5.88. The van der Waals surface area contributed by atoms with E-state index in [9.17, 15) is 4.79 Å². The number of imidazole rings is 1. The molecule has 2 aromatic heterocycles. The summed E-state index contributed by atoms with van der Waals surface area (Å²) in [6, 6.07) is 10.1. The molecule has 1 aromatic carbocycles. The predicted molar refractivity (Wildman–Crippen MR) is 87.1 cm³/mol. The van der Waals surface area contributed by atoms with Gasteiger partial charge in [0.1, 0.15) is 10.7 Å². The summed E-state index contributed by atoms with van der Waals surface area (Å²) in [5.74, 6) is -0.0609. The largest absolute Gasteiger partial charge is 0.331 e. The Morgan fingerprint density at radius 3 is 2.68 bits per heavy atom. The lowest BCUT2D eigenvalue weighted by Gasteiger charge is -2.26. The number of nitrogens with zero attached hydrogens (tertiary/aromatic N) is 4. The SMILES string of the molecule is Cc1nn2cc(C(=O)N(Cc3ccccc3)C(C)C)nc2s1. The minimum Gasteiger partial charge on any atom is -0.331 e. The van der Waals surface area contributed by atoms with Crippen molar-refractivity contribution in [2.75, 3.05) is 0 Å². The number of carbonyl (C=O) groups excluding carboxylic acids is 1. The molecule has 0 unspecified atom stereocenters. The summed E-state index contributed by atoms with van der Waals surface area (Å²) in [4.78, 5) is 19.8. The number of carbonyl (C=O) groups is 1. The van der Waals surface area contributed by atoms with E-state index in [1.807, 2.05) is 56.0 Å². The van der Waals surface area contributed by atoms with Gasteiger partial charge in [-0.05, 0) is 26.3 Å². The van der Waals surface area contributed by atoms with Crippen molar-refractivity contribution >= 4 is 22.2 Å². The van der Waals surface area contributed by atoms with Crippen LogP contribution in [0.5, 0.6) is 0 Å². The highest BCUT2D eigenvalue weighted by atomic mass is 32.1. The van der Waals surface area contributed by atoms with E-state index in [1.165, 1.54) is 11.3 Å². The number of amides is 1. The summed E-state index contributed by atoms with van der Waals surface area (Å²) in [6.07, 6.45) is 1.71. The third-order valence-corrected chi connectivity index (χ3v) is 4.28. The van der Waals surface area contributed by atoms with Crippen LogP contribution in [-0.2, 0) is 6.54 Å².